The van der Waals surface area contributed by atoms with E-state index in [0.29, 0.717) is 6.54 Å². The largest absolute Gasteiger partial charge is 0.337 e. The topological polar surface area (TPSA) is 46.3 Å². The third-order valence-corrected chi connectivity index (χ3v) is 3.58. The fourth-order valence-corrected chi connectivity index (χ4v) is 2.56. The van der Waals surface area contributed by atoms with Crippen molar-refractivity contribution in [3.63, 3.8) is 0 Å². The van der Waals surface area contributed by atoms with Crippen molar-refractivity contribution in [1.29, 1.82) is 0 Å². The summed E-state index contributed by atoms with van der Waals surface area (Å²) in [5.41, 5.74) is 8.58. The highest BCUT2D eigenvalue weighted by Crippen LogP contribution is 2.19. The zero-order valence-electron chi connectivity index (χ0n) is 11.1. The summed E-state index contributed by atoms with van der Waals surface area (Å²) in [5, 5.41) is 0. The van der Waals surface area contributed by atoms with Gasteiger partial charge in [0.2, 0.25) is 5.91 Å². The van der Waals surface area contributed by atoms with Crippen molar-refractivity contribution in [3.8, 4) is 0 Å². The molecular formula is C15H22N2O. The van der Waals surface area contributed by atoms with E-state index in [0.717, 1.165) is 32.2 Å². The summed E-state index contributed by atoms with van der Waals surface area (Å²) in [6.45, 7) is 3.60. The first kappa shape index (κ1) is 13.1. The number of carbonyl (C=O) groups is 1. The van der Waals surface area contributed by atoms with E-state index in [1.54, 1.807) is 0 Å². The van der Waals surface area contributed by atoms with Crippen LogP contribution >= 0.6 is 0 Å². The molecule has 0 unspecified atom stereocenters. The van der Waals surface area contributed by atoms with Gasteiger partial charge in [-0.2, -0.15) is 0 Å². The van der Waals surface area contributed by atoms with E-state index in [1.807, 2.05) is 11.0 Å². The molecule has 98 valence electrons. The van der Waals surface area contributed by atoms with E-state index in [9.17, 15) is 4.79 Å². The molecule has 1 aliphatic heterocycles. The summed E-state index contributed by atoms with van der Waals surface area (Å²) in [5.74, 6) is 0.105. The quantitative estimate of drug-likeness (QED) is 0.887. The maximum absolute atomic E-state index is 12.3. The fourth-order valence-electron chi connectivity index (χ4n) is 2.56. The lowest BCUT2D eigenvalue weighted by atomic mass is 10.0. The molecule has 0 aliphatic carbocycles. The van der Waals surface area contributed by atoms with Gasteiger partial charge < -0.3 is 10.6 Å². The van der Waals surface area contributed by atoms with Gasteiger partial charge in [0, 0.05) is 13.1 Å². The third kappa shape index (κ3) is 2.91. The number of rotatable bonds is 3. The Morgan fingerprint density at radius 2 is 2.11 bits per heavy atom. The van der Waals surface area contributed by atoms with Crippen LogP contribution < -0.4 is 5.73 Å². The predicted octanol–water partition coefficient (Wildman–Crippen LogP) is 2.09. The van der Waals surface area contributed by atoms with Crippen LogP contribution in [-0.4, -0.2) is 23.4 Å². The molecule has 0 saturated carbocycles. The van der Waals surface area contributed by atoms with Crippen LogP contribution in [0.3, 0.4) is 0 Å². The molecule has 0 spiro atoms. The summed E-state index contributed by atoms with van der Waals surface area (Å²) in [6, 6.07) is 8.06. The number of hydrogen-bond acceptors (Lipinski definition) is 2. The smallest absolute Gasteiger partial charge is 0.239 e. The average Bonchev–Trinajstić information content (AvgIpc) is 2.60. The van der Waals surface area contributed by atoms with Crippen LogP contribution in [0.5, 0.6) is 0 Å². The number of nitrogens with two attached hydrogens (primary N) is 1. The maximum atomic E-state index is 12.3. The highest BCUT2D eigenvalue weighted by Gasteiger charge is 2.22. The minimum atomic E-state index is -0.333. The normalized spacial score (nSPS) is 16.9. The van der Waals surface area contributed by atoms with Gasteiger partial charge in [0.15, 0.2) is 0 Å². The Labute approximate surface area is 109 Å². The lowest BCUT2D eigenvalue weighted by Crippen LogP contribution is -2.43. The molecule has 0 radical (unpaired) electrons. The first-order valence-electron chi connectivity index (χ1n) is 6.83. The standard InChI is InChI=1S/C15H22N2O/c1-2-6-14(16)15(18)17-10-5-9-12-7-3-4-8-13(12)11-17/h3-4,7-8,14H,2,5-6,9-11,16H2,1H3/t14-/m1/s1. The zero-order valence-corrected chi connectivity index (χ0v) is 11.1. The highest BCUT2D eigenvalue weighted by molar-refractivity contribution is 5.81. The van der Waals surface area contributed by atoms with Gasteiger partial charge in [0.05, 0.1) is 6.04 Å². The van der Waals surface area contributed by atoms with Gasteiger partial charge in [-0.25, -0.2) is 0 Å². The van der Waals surface area contributed by atoms with Gasteiger partial charge in [-0.05, 0) is 30.4 Å². The van der Waals surface area contributed by atoms with Gasteiger partial charge in [-0.3, -0.25) is 4.79 Å². The summed E-state index contributed by atoms with van der Waals surface area (Å²) in [6.07, 6.45) is 3.82. The first-order valence-corrected chi connectivity index (χ1v) is 6.83. The molecule has 1 aromatic rings. The molecule has 3 heteroatoms. The Morgan fingerprint density at radius 3 is 2.83 bits per heavy atom. The molecule has 1 heterocycles. The van der Waals surface area contributed by atoms with Gasteiger partial charge in [-0.15, -0.1) is 0 Å². The highest BCUT2D eigenvalue weighted by atomic mass is 16.2. The lowest BCUT2D eigenvalue weighted by molar-refractivity contribution is -0.133. The third-order valence-electron chi connectivity index (χ3n) is 3.58. The number of aryl methyl sites for hydroxylation is 1. The summed E-state index contributed by atoms with van der Waals surface area (Å²) in [4.78, 5) is 14.2. The molecule has 1 atom stereocenters. The lowest BCUT2D eigenvalue weighted by Gasteiger charge is -2.24. The minimum Gasteiger partial charge on any atom is -0.337 e. The Morgan fingerprint density at radius 1 is 1.39 bits per heavy atom. The number of amides is 1. The fraction of sp³-hybridized carbons (Fsp3) is 0.533. The van der Waals surface area contributed by atoms with E-state index in [1.165, 1.54) is 11.1 Å². The Hall–Kier alpha value is -1.35. The van der Waals surface area contributed by atoms with Crippen LogP contribution in [0.1, 0.15) is 37.3 Å². The van der Waals surface area contributed by atoms with E-state index >= 15 is 0 Å². The molecule has 1 aliphatic rings. The van der Waals surface area contributed by atoms with Gasteiger partial charge in [0.1, 0.15) is 0 Å². The van der Waals surface area contributed by atoms with E-state index in [4.69, 9.17) is 5.73 Å². The number of fused-ring (bicyclic) bond motifs is 1. The van der Waals surface area contributed by atoms with Crippen LogP contribution in [0.25, 0.3) is 0 Å². The maximum Gasteiger partial charge on any atom is 0.239 e. The second-order valence-electron chi connectivity index (χ2n) is 5.03. The van der Waals surface area contributed by atoms with Crippen molar-refractivity contribution in [2.45, 2.75) is 45.2 Å². The van der Waals surface area contributed by atoms with Crippen LogP contribution in [0, 0.1) is 0 Å². The van der Waals surface area contributed by atoms with Crippen molar-refractivity contribution in [2.24, 2.45) is 5.73 Å². The number of nitrogens with zero attached hydrogens (tertiary/aromatic N) is 1. The van der Waals surface area contributed by atoms with Crippen molar-refractivity contribution in [1.82, 2.24) is 4.90 Å². The monoisotopic (exact) mass is 246 g/mol. The van der Waals surface area contributed by atoms with Crippen molar-refractivity contribution < 1.29 is 4.79 Å². The van der Waals surface area contributed by atoms with Crippen molar-refractivity contribution in [2.75, 3.05) is 6.54 Å². The molecule has 0 aromatic heterocycles. The zero-order chi connectivity index (χ0) is 13.0. The molecule has 0 saturated heterocycles. The average molecular weight is 246 g/mol. The summed E-state index contributed by atoms with van der Waals surface area (Å²) in [7, 11) is 0. The molecule has 1 amide bonds. The van der Waals surface area contributed by atoms with Crippen LogP contribution in [0.2, 0.25) is 0 Å². The molecular weight excluding hydrogens is 224 g/mol. The predicted molar refractivity (Wildman–Crippen MR) is 73.1 cm³/mol. The molecule has 2 rings (SSSR count). The van der Waals surface area contributed by atoms with Crippen molar-refractivity contribution >= 4 is 5.91 Å². The minimum absolute atomic E-state index is 0.105. The number of carbonyl (C=O) groups excluding carboxylic acids is 1. The Balaban J connectivity index is 2.10. The van der Waals surface area contributed by atoms with Crippen LogP contribution in [0.4, 0.5) is 0 Å². The number of benzene rings is 1. The first-order chi connectivity index (χ1) is 8.72. The van der Waals surface area contributed by atoms with E-state index in [2.05, 4.69) is 25.1 Å². The molecule has 0 bridgehead atoms. The molecule has 18 heavy (non-hydrogen) atoms. The number of hydrogen-bond donors (Lipinski definition) is 1. The van der Waals surface area contributed by atoms with Crippen LogP contribution in [-0.2, 0) is 17.8 Å². The Bertz CT molecular complexity index is 417. The Kier molecular flexibility index (Phi) is 4.37. The molecule has 3 nitrogen and oxygen atoms in total. The second-order valence-corrected chi connectivity index (χ2v) is 5.03. The SMILES string of the molecule is CCC[C@@H](N)C(=O)N1CCCc2ccccc2C1. The second kappa shape index (κ2) is 6.01. The van der Waals surface area contributed by atoms with Crippen molar-refractivity contribution in [3.05, 3.63) is 35.4 Å². The van der Waals surface area contributed by atoms with E-state index < -0.39 is 0 Å². The van der Waals surface area contributed by atoms with Gasteiger partial charge in [0.25, 0.3) is 0 Å². The summed E-state index contributed by atoms with van der Waals surface area (Å²) < 4.78 is 0. The molecule has 0 fully saturated rings. The van der Waals surface area contributed by atoms with E-state index in [-0.39, 0.29) is 11.9 Å². The molecule has 1 aromatic carbocycles. The summed E-state index contributed by atoms with van der Waals surface area (Å²) >= 11 is 0. The van der Waals surface area contributed by atoms with Crippen LogP contribution in [0.15, 0.2) is 24.3 Å². The van der Waals surface area contributed by atoms with Gasteiger partial charge in [-0.1, -0.05) is 37.6 Å². The molecule has 2 N–H and O–H groups in total. The van der Waals surface area contributed by atoms with Gasteiger partial charge >= 0.3 is 0 Å².